The molecule has 102 valence electrons. The topological polar surface area (TPSA) is 134 Å². The Morgan fingerprint density at radius 3 is 2.06 bits per heavy atom. The van der Waals surface area contributed by atoms with Gasteiger partial charge in [-0.25, -0.2) is 4.79 Å². The predicted octanol–water partition coefficient (Wildman–Crippen LogP) is 0.609. The van der Waals surface area contributed by atoms with Gasteiger partial charge in [0.05, 0.1) is 12.1 Å². The van der Waals surface area contributed by atoms with Gasteiger partial charge in [0, 0.05) is 11.8 Å². The first-order valence-electron chi connectivity index (χ1n) is 4.70. The third-order valence-corrected chi connectivity index (χ3v) is 4.26. The molecule has 0 heterocycles. The molecule has 0 aromatic carbocycles. The summed E-state index contributed by atoms with van der Waals surface area (Å²) in [5.74, 6) is 0. The summed E-state index contributed by atoms with van der Waals surface area (Å²) in [5, 5.41) is 33.7. The molecule has 9 heteroatoms. The lowest BCUT2D eigenvalue weighted by atomic mass is 10.1. The predicted molar refractivity (Wildman–Crippen MR) is 71.5 cm³/mol. The van der Waals surface area contributed by atoms with Crippen LogP contribution in [-0.2, 0) is 0 Å². The molecule has 0 aliphatic rings. The van der Waals surface area contributed by atoms with Crippen molar-refractivity contribution in [2.24, 2.45) is 5.73 Å². The number of alkyl halides is 2. The molecule has 0 aromatic heterocycles. The SMILES string of the molecule is N#CCCC(Br)(C#N)CBr.NC(=O)N(CO)CO. The fourth-order valence-electron chi connectivity index (χ4n) is 0.591. The summed E-state index contributed by atoms with van der Waals surface area (Å²) in [6.07, 6.45) is 0.968. The highest BCUT2D eigenvalue weighted by atomic mass is 79.9. The van der Waals surface area contributed by atoms with Crippen molar-refractivity contribution >= 4 is 37.9 Å². The van der Waals surface area contributed by atoms with E-state index in [4.69, 9.17) is 20.7 Å². The number of hydrogen-bond acceptors (Lipinski definition) is 5. The molecule has 0 spiro atoms. The number of nitrogens with zero attached hydrogens (tertiary/aromatic N) is 3. The lowest BCUT2D eigenvalue weighted by molar-refractivity contribution is 0.0608. The van der Waals surface area contributed by atoms with E-state index in [1.54, 1.807) is 0 Å². The molecule has 0 saturated heterocycles. The van der Waals surface area contributed by atoms with Gasteiger partial charge in [0.1, 0.15) is 17.8 Å². The number of aliphatic hydroxyl groups excluding tert-OH is 2. The van der Waals surface area contributed by atoms with E-state index in [-0.39, 0.29) is 0 Å². The maximum Gasteiger partial charge on any atom is 0.318 e. The minimum absolute atomic E-state index is 0.407. The number of nitrogens with two attached hydrogens (primary N) is 1. The summed E-state index contributed by atoms with van der Waals surface area (Å²) in [6, 6.07) is 3.23. The highest BCUT2D eigenvalue weighted by Gasteiger charge is 2.23. The van der Waals surface area contributed by atoms with Gasteiger partial charge in [0.2, 0.25) is 0 Å². The Morgan fingerprint density at radius 1 is 1.39 bits per heavy atom. The van der Waals surface area contributed by atoms with Gasteiger partial charge in [-0.2, -0.15) is 10.5 Å². The van der Waals surface area contributed by atoms with Crippen molar-refractivity contribution in [3.63, 3.8) is 0 Å². The highest BCUT2D eigenvalue weighted by Crippen LogP contribution is 2.25. The summed E-state index contributed by atoms with van der Waals surface area (Å²) in [7, 11) is 0. The molecule has 0 radical (unpaired) electrons. The molecule has 18 heavy (non-hydrogen) atoms. The molecule has 0 aliphatic carbocycles. The molecule has 1 atom stereocenters. The summed E-state index contributed by atoms with van der Waals surface area (Å²) in [4.78, 5) is 10.7. The van der Waals surface area contributed by atoms with Crippen molar-refractivity contribution in [3.8, 4) is 12.1 Å². The quantitative estimate of drug-likeness (QED) is 0.470. The van der Waals surface area contributed by atoms with Gasteiger partial charge in [0.15, 0.2) is 0 Å². The largest absolute Gasteiger partial charge is 0.376 e. The Hall–Kier alpha value is -0.870. The average Bonchev–Trinajstić information content (AvgIpc) is 2.38. The van der Waals surface area contributed by atoms with E-state index in [9.17, 15) is 4.79 Å². The number of hydrogen-bond donors (Lipinski definition) is 3. The second-order valence-corrected chi connectivity index (χ2v) is 5.11. The van der Waals surface area contributed by atoms with Crippen molar-refractivity contribution in [2.45, 2.75) is 17.2 Å². The van der Waals surface area contributed by atoms with Crippen LogP contribution >= 0.6 is 31.9 Å². The number of primary amides is 1. The van der Waals surface area contributed by atoms with Crippen LogP contribution in [0, 0.1) is 22.7 Å². The fourth-order valence-corrected chi connectivity index (χ4v) is 1.19. The number of rotatable bonds is 5. The first kappa shape index (κ1) is 19.5. The van der Waals surface area contributed by atoms with Gasteiger partial charge in [-0.15, -0.1) is 0 Å². The number of carbonyl (C=O) groups is 1. The fraction of sp³-hybridized carbons (Fsp3) is 0.667. The van der Waals surface area contributed by atoms with E-state index in [1.807, 2.05) is 6.07 Å². The Balaban J connectivity index is 0. The maximum absolute atomic E-state index is 9.99. The first-order valence-corrected chi connectivity index (χ1v) is 6.61. The Kier molecular flexibility index (Phi) is 12.2. The minimum Gasteiger partial charge on any atom is -0.376 e. The number of halogens is 2. The van der Waals surface area contributed by atoms with Crippen LogP contribution in [0.3, 0.4) is 0 Å². The van der Waals surface area contributed by atoms with Crippen molar-refractivity contribution in [2.75, 3.05) is 18.8 Å². The van der Waals surface area contributed by atoms with Crippen LogP contribution in [0.2, 0.25) is 0 Å². The summed E-state index contributed by atoms with van der Waals surface area (Å²) in [5.41, 5.74) is 4.62. The summed E-state index contributed by atoms with van der Waals surface area (Å²) >= 11 is 6.41. The van der Waals surface area contributed by atoms with Crippen molar-refractivity contribution < 1.29 is 15.0 Å². The Bertz CT molecular complexity index is 325. The van der Waals surface area contributed by atoms with Gasteiger partial charge in [0.25, 0.3) is 0 Å². The second kappa shape index (κ2) is 11.2. The van der Waals surface area contributed by atoms with Crippen molar-refractivity contribution in [3.05, 3.63) is 0 Å². The standard InChI is InChI=1S/C6H6Br2N2.C3H8N2O3/c7-4-6(8,5-10)2-1-3-9;4-3(8)5(1-6)2-7/h1-2,4H2;6-7H,1-2H2,(H2,4,8). The maximum atomic E-state index is 9.99. The molecule has 1 unspecified atom stereocenters. The van der Waals surface area contributed by atoms with E-state index >= 15 is 0 Å². The van der Waals surface area contributed by atoms with Crippen LogP contribution in [0.25, 0.3) is 0 Å². The molecular weight excluding hydrogens is 372 g/mol. The van der Waals surface area contributed by atoms with Crippen LogP contribution in [0.4, 0.5) is 4.79 Å². The van der Waals surface area contributed by atoms with E-state index in [2.05, 4.69) is 43.7 Å². The normalized spacial score (nSPS) is 12.1. The summed E-state index contributed by atoms with van der Waals surface area (Å²) < 4.78 is -0.553. The molecule has 0 fully saturated rings. The molecule has 4 N–H and O–H groups in total. The third-order valence-electron chi connectivity index (χ3n) is 1.70. The van der Waals surface area contributed by atoms with Crippen LogP contribution in [0.5, 0.6) is 0 Å². The van der Waals surface area contributed by atoms with Crippen LogP contribution in [0.1, 0.15) is 12.8 Å². The highest BCUT2D eigenvalue weighted by molar-refractivity contribution is 9.12. The van der Waals surface area contributed by atoms with Gasteiger partial charge < -0.3 is 15.9 Å². The van der Waals surface area contributed by atoms with E-state index in [1.165, 1.54) is 0 Å². The Morgan fingerprint density at radius 2 is 1.89 bits per heavy atom. The molecule has 0 rings (SSSR count). The van der Waals surface area contributed by atoms with Gasteiger partial charge in [-0.05, 0) is 6.42 Å². The lowest BCUT2D eigenvalue weighted by Gasteiger charge is -2.12. The van der Waals surface area contributed by atoms with Crippen LogP contribution < -0.4 is 5.73 Å². The smallest absolute Gasteiger partial charge is 0.318 e. The van der Waals surface area contributed by atoms with Gasteiger partial charge in [-0.3, -0.25) is 4.90 Å². The zero-order valence-electron chi connectivity index (χ0n) is 9.51. The molecule has 0 aromatic rings. The van der Waals surface area contributed by atoms with E-state index < -0.39 is 23.8 Å². The number of urea groups is 1. The molecule has 0 saturated carbocycles. The second-order valence-electron chi connectivity index (χ2n) is 3.03. The number of aliphatic hydroxyl groups is 2. The Labute approximate surface area is 122 Å². The number of amides is 2. The van der Waals surface area contributed by atoms with Crippen molar-refractivity contribution in [1.29, 1.82) is 10.5 Å². The first-order chi connectivity index (χ1) is 8.40. The number of carbonyl (C=O) groups excluding carboxylic acids is 1. The monoisotopic (exact) mass is 384 g/mol. The summed E-state index contributed by atoms with van der Waals surface area (Å²) in [6.45, 7) is -1.10. The van der Waals surface area contributed by atoms with E-state index in [0.717, 1.165) is 0 Å². The average molecular weight is 386 g/mol. The van der Waals surface area contributed by atoms with E-state index in [0.29, 0.717) is 23.1 Å². The molecule has 2 amide bonds. The van der Waals surface area contributed by atoms with Gasteiger partial charge in [-0.1, -0.05) is 31.9 Å². The zero-order chi connectivity index (χ0) is 14.6. The lowest BCUT2D eigenvalue weighted by Crippen LogP contribution is -2.36. The molecule has 0 bridgehead atoms. The molecule has 7 nitrogen and oxygen atoms in total. The van der Waals surface area contributed by atoms with Gasteiger partial charge >= 0.3 is 6.03 Å². The third kappa shape index (κ3) is 9.19. The van der Waals surface area contributed by atoms with Crippen molar-refractivity contribution in [1.82, 2.24) is 4.90 Å². The minimum atomic E-state index is -0.838. The van der Waals surface area contributed by atoms with Crippen LogP contribution in [0.15, 0.2) is 0 Å². The zero-order valence-corrected chi connectivity index (χ0v) is 12.7. The molecule has 0 aliphatic heterocycles. The molecular formula is C9H14Br2N4O3. The number of nitriles is 2. The van der Waals surface area contributed by atoms with Crippen LogP contribution in [-0.4, -0.2) is 44.3 Å².